The van der Waals surface area contributed by atoms with Crippen molar-refractivity contribution in [1.82, 2.24) is 29.5 Å². The number of carbonyl (C=O) groups is 2. The Kier molecular flexibility index (Phi) is 7.96. The summed E-state index contributed by atoms with van der Waals surface area (Å²) >= 11 is 0. The molecular formula is C30H30N8O5. The first-order valence-electron chi connectivity index (χ1n) is 13.8. The van der Waals surface area contributed by atoms with E-state index in [0.29, 0.717) is 34.4 Å². The van der Waals surface area contributed by atoms with Crippen molar-refractivity contribution in [3.8, 4) is 0 Å². The number of ether oxygens (including phenoxy) is 3. The predicted octanol–water partition coefficient (Wildman–Crippen LogP) is 3.25. The van der Waals surface area contributed by atoms with Crippen LogP contribution in [0.25, 0.3) is 0 Å². The third kappa shape index (κ3) is 5.62. The number of aromatic nitrogens is 6. The van der Waals surface area contributed by atoms with E-state index in [2.05, 4.69) is 30.8 Å². The van der Waals surface area contributed by atoms with E-state index < -0.39 is 24.0 Å². The molecule has 4 heterocycles. The molecule has 0 saturated heterocycles. The first kappa shape index (κ1) is 27.8. The average molecular weight is 583 g/mol. The van der Waals surface area contributed by atoms with Crippen LogP contribution in [0.15, 0.2) is 95.9 Å². The SMILES string of the molecule is CC1=C(C(=O)OCCOCCOC(=O)C2=C(C)Nc3ncnn3C2c2ccccc2)C(c2ccccc2)n2ncnc2N1. The highest BCUT2D eigenvalue weighted by atomic mass is 16.6. The van der Waals surface area contributed by atoms with Gasteiger partial charge in [-0.3, -0.25) is 0 Å². The van der Waals surface area contributed by atoms with E-state index >= 15 is 0 Å². The van der Waals surface area contributed by atoms with Crippen molar-refractivity contribution in [3.05, 3.63) is 107 Å². The largest absolute Gasteiger partial charge is 0.460 e. The fraction of sp³-hybridized carbons (Fsp3) is 0.267. The van der Waals surface area contributed by atoms with Crippen molar-refractivity contribution in [3.63, 3.8) is 0 Å². The number of esters is 2. The van der Waals surface area contributed by atoms with Gasteiger partial charge in [0, 0.05) is 11.4 Å². The summed E-state index contributed by atoms with van der Waals surface area (Å²) in [5.41, 5.74) is 3.92. The second-order valence-corrected chi connectivity index (χ2v) is 9.89. The van der Waals surface area contributed by atoms with Crippen molar-refractivity contribution < 1.29 is 23.8 Å². The van der Waals surface area contributed by atoms with Crippen LogP contribution >= 0.6 is 0 Å². The molecule has 0 aliphatic carbocycles. The van der Waals surface area contributed by atoms with E-state index in [0.717, 1.165) is 11.1 Å². The van der Waals surface area contributed by atoms with E-state index in [1.807, 2.05) is 60.7 Å². The first-order valence-corrected chi connectivity index (χ1v) is 13.8. The lowest BCUT2D eigenvalue weighted by Gasteiger charge is -2.28. The molecule has 2 aliphatic rings. The quantitative estimate of drug-likeness (QED) is 0.210. The Balaban J connectivity index is 1.01. The lowest BCUT2D eigenvalue weighted by atomic mass is 9.96. The minimum atomic E-state index is -0.485. The number of allylic oxidation sites excluding steroid dienone is 2. The van der Waals surface area contributed by atoms with Crippen LogP contribution in [0.1, 0.15) is 37.1 Å². The number of nitrogens with zero attached hydrogens (tertiary/aromatic N) is 6. The topological polar surface area (TPSA) is 147 Å². The Morgan fingerprint density at radius 2 is 1.09 bits per heavy atom. The van der Waals surface area contributed by atoms with Gasteiger partial charge in [-0.15, -0.1) is 0 Å². The summed E-state index contributed by atoms with van der Waals surface area (Å²) in [6.07, 6.45) is 2.88. The van der Waals surface area contributed by atoms with Crippen molar-refractivity contribution >= 4 is 23.8 Å². The molecule has 220 valence electrons. The second-order valence-electron chi connectivity index (χ2n) is 9.89. The number of fused-ring (bicyclic) bond motifs is 2. The molecule has 6 rings (SSSR count). The monoisotopic (exact) mass is 582 g/mol. The fourth-order valence-corrected chi connectivity index (χ4v) is 5.24. The summed E-state index contributed by atoms with van der Waals surface area (Å²) in [5, 5.41) is 14.9. The second kappa shape index (κ2) is 12.3. The molecule has 13 nitrogen and oxygen atoms in total. The standard InChI is InChI=1S/C30H30N8O5/c1-19-23(25(21-9-5-3-6-10-21)37-29(35-19)31-17-33-37)27(39)42-15-13-41-14-16-43-28(40)24-20(2)36-30-32-18-34-38(30)26(24)22-11-7-4-8-12-22/h3-12,17-18,25-26H,13-16H2,1-2H3,(H,31,33,35)(H,32,34,36). The van der Waals surface area contributed by atoms with Crippen LogP contribution in [0.3, 0.4) is 0 Å². The van der Waals surface area contributed by atoms with E-state index in [4.69, 9.17) is 14.2 Å². The van der Waals surface area contributed by atoms with Gasteiger partial charge in [0.15, 0.2) is 0 Å². The molecule has 13 heteroatoms. The number of nitrogens with one attached hydrogen (secondary N) is 2. The first-order chi connectivity index (χ1) is 21.0. The maximum atomic E-state index is 13.2. The minimum Gasteiger partial charge on any atom is -0.460 e. The molecule has 0 spiro atoms. The summed E-state index contributed by atoms with van der Waals surface area (Å²) in [4.78, 5) is 34.9. The summed E-state index contributed by atoms with van der Waals surface area (Å²) in [7, 11) is 0. The fourth-order valence-electron chi connectivity index (χ4n) is 5.24. The Morgan fingerprint density at radius 3 is 1.51 bits per heavy atom. The molecule has 2 aliphatic heterocycles. The van der Waals surface area contributed by atoms with Gasteiger partial charge < -0.3 is 24.8 Å². The van der Waals surface area contributed by atoms with Crippen LogP contribution in [-0.2, 0) is 23.8 Å². The molecule has 0 radical (unpaired) electrons. The van der Waals surface area contributed by atoms with E-state index in [9.17, 15) is 9.59 Å². The Labute approximate surface area is 247 Å². The zero-order chi connectivity index (χ0) is 29.8. The van der Waals surface area contributed by atoms with Crippen molar-refractivity contribution in [2.75, 3.05) is 37.1 Å². The average Bonchev–Trinajstić information content (AvgIpc) is 3.69. The van der Waals surface area contributed by atoms with Crippen LogP contribution < -0.4 is 10.6 Å². The molecular weight excluding hydrogens is 552 g/mol. The van der Waals surface area contributed by atoms with E-state index in [-0.39, 0.29) is 26.4 Å². The van der Waals surface area contributed by atoms with Gasteiger partial charge in [0.05, 0.1) is 24.4 Å². The Hall–Kier alpha value is -5.30. The smallest absolute Gasteiger partial charge is 0.338 e. The highest BCUT2D eigenvalue weighted by Crippen LogP contribution is 2.36. The number of carbonyl (C=O) groups excluding carboxylic acids is 2. The molecule has 2 unspecified atom stereocenters. The molecule has 0 amide bonds. The lowest BCUT2D eigenvalue weighted by Crippen LogP contribution is -2.30. The number of anilines is 2. The molecule has 4 aromatic rings. The molecule has 0 saturated carbocycles. The summed E-state index contributed by atoms with van der Waals surface area (Å²) in [6, 6.07) is 18.2. The Morgan fingerprint density at radius 1 is 0.674 bits per heavy atom. The normalized spacial score (nSPS) is 17.4. The van der Waals surface area contributed by atoms with Gasteiger partial charge in [-0.25, -0.2) is 19.0 Å². The lowest BCUT2D eigenvalue weighted by molar-refractivity contribution is -0.142. The molecule has 2 aromatic carbocycles. The number of hydrogen-bond acceptors (Lipinski definition) is 11. The zero-order valence-electron chi connectivity index (χ0n) is 23.6. The van der Waals surface area contributed by atoms with Crippen LogP contribution in [0.4, 0.5) is 11.9 Å². The van der Waals surface area contributed by atoms with E-state index in [1.54, 1.807) is 23.2 Å². The third-order valence-electron chi connectivity index (χ3n) is 7.18. The number of benzene rings is 2. The molecule has 2 atom stereocenters. The summed E-state index contributed by atoms with van der Waals surface area (Å²) in [6.45, 7) is 3.92. The summed E-state index contributed by atoms with van der Waals surface area (Å²) in [5.74, 6) is 0.128. The maximum Gasteiger partial charge on any atom is 0.338 e. The minimum absolute atomic E-state index is 0.0224. The molecule has 43 heavy (non-hydrogen) atoms. The molecule has 0 fully saturated rings. The van der Waals surface area contributed by atoms with Crippen LogP contribution in [0.5, 0.6) is 0 Å². The molecule has 2 N–H and O–H groups in total. The Bertz CT molecular complexity index is 1550. The predicted molar refractivity (Wildman–Crippen MR) is 155 cm³/mol. The van der Waals surface area contributed by atoms with Gasteiger partial charge >= 0.3 is 11.9 Å². The van der Waals surface area contributed by atoms with Gasteiger partial charge in [0.25, 0.3) is 0 Å². The zero-order valence-corrected chi connectivity index (χ0v) is 23.6. The summed E-state index contributed by atoms with van der Waals surface area (Å²) < 4.78 is 20.0. The van der Waals surface area contributed by atoms with Crippen LogP contribution in [-0.4, -0.2) is 67.9 Å². The van der Waals surface area contributed by atoms with Crippen molar-refractivity contribution in [2.24, 2.45) is 0 Å². The number of hydrogen-bond donors (Lipinski definition) is 2. The maximum absolute atomic E-state index is 13.2. The molecule has 2 aromatic heterocycles. The highest BCUT2D eigenvalue weighted by Gasteiger charge is 2.35. The van der Waals surface area contributed by atoms with Gasteiger partial charge in [0.2, 0.25) is 11.9 Å². The van der Waals surface area contributed by atoms with Gasteiger partial charge in [-0.05, 0) is 25.0 Å². The third-order valence-corrected chi connectivity index (χ3v) is 7.18. The molecule has 0 bridgehead atoms. The van der Waals surface area contributed by atoms with Crippen molar-refractivity contribution in [1.29, 1.82) is 0 Å². The van der Waals surface area contributed by atoms with Crippen LogP contribution in [0, 0.1) is 0 Å². The van der Waals surface area contributed by atoms with Gasteiger partial charge in [0.1, 0.15) is 38.0 Å². The highest BCUT2D eigenvalue weighted by molar-refractivity contribution is 5.93. The van der Waals surface area contributed by atoms with Crippen LogP contribution in [0.2, 0.25) is 0 Å². The van der Waals surface area contributed by atoms with Gasteiger partial charge in [-0.1, -0.05) is 60.7 Å². The van der Waals surface area contributed by atoms with E-state index in [1.165, 1.54) is 12.7 Å². The van der Waals surface area contributed by atoms with Gasteiger partial charge in [-0.2, -0.15) is 20.2 Å². The van der Waals surface area contributed by atoms with Crippen molar-refractivity contribution in [2.45, 2.75) is 25.9 Å². The number of rotatable bonds is 10.